The van der Waals surface area contributed by atoms with Gasteiger partial charge >= 0.3 is 0 Å². The van der Waals surface area contributed by atoms with Crippen LogP contribution in [0.2, 0.25) is 0 Å². The zero-order chi connectivity index (χ0) is 13.9. The first-order valence-electron chi connectivity index (χ1n) is 7.12. The highest BCUT2D eigenvalue weighted by Crippen LogP contribution is 2.36. The van der Waals surface area contributed by atoms with Crippen molar-refractivity contribution in [1.82, 2.24) is 9.78 Å². The van der Waals surface area contributed by atoms with Crippen molar-refractivity contribution in [3.8, 4) is 5.75 Å². The number of para-hydroxylation sites is 1. The van der Waals surface area contributed by atoms with Gasteiger partial charge in [0.1, 0.15) is 5.75 Å². The molecule has 2 atom stereocenters. The molecule has 1 N–H and O–H groups in total. The fourth-order valence-corrected chi connectivity index (χ4v) is 2.91. The van der Waals surface area contributed by atoms with Crippen molar-refractivity contribution in [1.29, 1.82) is 0 Å². The smallest absolute Gasteiger partial charge is 0.122 e. The van der Waals surface area contributed by atoms with E-state index in [1.807, 2.05) is 36.0 Å². The molecule has 0 fully saturated rings. The Morgan fingerprint density at radius 3 is 3.05 bits per heavy atom. The normalized spacial score (nSPS) is 19.2. The molecule has 0 saturated heterocycles. The van der Waals surface area contributed by atoms with E-state index in [9.17, 15) is 5.11 Å². The third-order valence-electron chi connectivity index (χ3n) is 4.09. The van der Waals surface area contributed by atoms with Crippen molar-refractivity contribution in [2.75, 3.05) is 6.61 Å². The van der Waals surface area contributed by atoms with Gasteiger partial charge in [0.15, 0.2) is 0 Å². The van der Waals surface area contributed by atoms with Gasteiger partial charge in [-0.15, -0.1) is 0 Å². The maximum absolute atomic E-state index is 10.5. The Morgan fingerprint density at radius 2 is 2.25 bits per heavy atom. The number of aryl methyl sites for hydroxylation is 2. The second-order valence-electron chi connectivity index (χ2n) is 5.33. The maximum Gasteiger partial charge on any atom is 0.122 e. The number of nitrogens with zero attached hydrogens (tertiary/aromatic N) is 2. The lowest BCUT2D eigenvalue weighted by atomic mass is 9.86. The lowest BCUT2D eigenvalue weighted by molar-refractivity contribution is 0.108. The first kappa shape index (κ1) is 13.2. The van der Waals surface area contributed by atoms with Crippen LogP contribution in [0.15, 0.2) is 36.5 Å². The minimum absolute atomic E-state index is 0.174. The average molecular weight is 272 g/mol. The van der Waals surface area contributed by atoms with Gasteiger partial charge in [-0.25, -0.2) is 0 Å². The molecule has 20 heavy (non-hydrogen) atoms. The molecule has 2 aromatic rings. The van der Waals surface area contributed by atoms with E-state index in [1.165, 1.54) is 0 Å². The van der Waals surface area contributed by atoms with Crippen molar-refractivity contribution >= 4 is 0 Å². The molecule has 0 aliphatic carbocycles. The van der Waals surface area contributed by atoms with Crippen molar-refractivity contribution in [3.63, 3.8) is 0 Å². The number of aromatic nitrogens is 2. The van der Waals surface area contributed by atoms with Gasteiger partial charge in [0, 0.05) is 24.9 Å². The summed E-state index contributed by atoms with van der Waals surface area (Å²) in [6.07, 6.45) is 3.93. The predicted molar refractivity (Wildman–Crippen MR) is 76.8 cm³/mol. The van der Waals surface area contributed by atoms with Crippen LogP contribution in [0, 0.1) is 0 Å². The third-order valence-corrected chi connectivity index (χ3v) is 4.09. The van der Waals surface area contributed by atoms with Gasteiger partial charge in [-0.2, -0.15) is 5.10 Å². The van der Waals surface area contributed by atoms with Crippen LogP contribution in [0.4, 0.5) is 0 Å². The first-order valence-corrected chi connectivity index (χ1v) is 7.12. The fraction of sp³-hybridized carbons (Fsp3) is 0.438. The third kappa shape index (κ3) is 2.56. The molecule has 2 unspecified atom stereocenters. The quantitative estimate of drug-likeness (QED) is 0.929. The van der Waals surface area contributed by atoms with Crippen molar-refractivity contribution in [3.05, 3.63) is 47.8 Å². The molecule has 4 heteroatoms. The van der Waals surface area contributed by atoms with Crippen molar-refractivity contribution < 1.29 is 9.84 Å². The van der Waals surface area contributed by atoms with Crippen LogP contribution in [-0.4, -0.2) is 27.6 Å². The Morgan fingerprint density at radius 1 is 1.40 bits per heavy atom. The number of benzene rings is 1. The minimum atomic E-state index is -0.338. The molecule has 1 aliphatic rings. The SMILES string of the molecule is Cn1nccc1CCC(O)C1CCOc2ccccc21. The molecular weight excluding hydrogens is 252 g/mol. The standard InChI is InChI=1S/C16H20N2O2/c1-18-12(8-10-17-18)6-7-15(19)13-9-11-20-16-5-3-2-4-14(13)16/h2-5,8,10,13,15,19H,6-7,9,11H2,1H3. The summed E-state index contributed by atoms with van der Waals surface area (Å²) < 4.78 is 7.51. The monoisotopic (exact) mass is 272 g/mol. The highest BCUT2D eigenvalue weighted by Gasteiger charge is 2.27. The number of hydrogen-bond acceptors (Lipinski definition) is 3. The molecule has 1 aromatic heterocycles. The van der Waals surface area contributed by atoms with Gasteiger partial charge in [0.25, 0.3) is 0 Å². The summed E-state index contributed by atoms with van der Waals surface area (Å²) in [7, 11) is 1.94. The van der Waals surface area contributed by atoms with E-state index in [-0.39, 0.29) is 12.0 Å². The second kappa shape index (κ2) is 5.67. The number of rotatable bonds is 4. The lowest BCUT2D eigenvalue weighted by Crippen LogP contribution is -2.25. The van der Waals surface area contributed by atoms with Crippen LogP contribution in [-0.2, 0) is 13.5 Å². The molecule has 106 valence electrons. The fourth-order valence-electron chi connectivity index (χ4n) is 2.91. The molecular formula is C16H20N2O2. The van der Waals surface area contributed by atoms with Gasteiger partial charge in [0.05, 0.1) is 12.7 Å². The van der Waals surface area contributed by atoms with Crippen LogP contribution in [0.5, 0.6) is 5.75 Å². The predicted octanol–water partition coefficient (Wildman–Crippen LogP) is 2.28. The molecule has 0 amide bonds. The van der Waals surface area contributed by atoms with Crippen molar-refractivity contribution in [2.45, 2.75) is 31.3 Å². The summed E-state index contributed by atoms with van der Waals surface area (Å²) in [5, 5.41) is 14.7. The number of aliphatic hydroxyl groups is 1. The van der Waals surface area contributed by atoms with E-state index in [0.717, 1.165) is 36.3 Å². The Kier molecular flexibility index (Phi) is 3.74. The Balaban J connectivity index is 1.69. The van der Waals surface area contributed by atoms with E-state index >= 15 is 0 Å². The maximum atomic E-state index is 10.5. The molecule has 4 nitrogen and oxygen atoms in total. The van der Waals surface area contributed by atoms with E-state index in [4.69, 9.17) is 4.74 Å². The topological polar surface area (TPSA) is 47.3 Å². The molecule has 0 spiro atoms. The Labute approximate surface area is 119 Å². The second-order valence-corrected chi connectivity index (χ2v) is 5.33. The minimum Gasteiger partial charge on any atom is -0.493 e. The summed E-state index contributed by atoms with van der Waals surface area (Å²) in [6, 6.07) is 10.0. The van der Waals surface area contributed by atoms with Crippen molar-refractivity contribution in [2.24, 2.45) is 7.05 Å². The van der Waals surface area contributed by atoms with E-state index in [2.05, 4.69) is 11.2 Å². The summed E-state index contributed by atoms with van der Waals surface area (Å²) >= 11 is 0. The number of fused-ring (bicyclic) bond motifs is 1. The molecule has 1 aliphatic heterocycles. The summed E-state index contributed by atoms with van der Waals surface area (Å²) in [5.41, 5.74) is 2.29. The molecule has 2 heterocycles. The van der Waals surface area contributed by atoms with Crippen LogP contribution in [0.25, 0.3) is 0 Å². The van der Waals surface area contributed by atoms with Gasteiger partial charge in [-0.1, -0.05) is 18.2 Å². The first-order chi connectivity index (χ1) is 9.75. The van der Waals surface area contributed by atoms with Gasteiger partial charge in [-0.3, -0.25) is 4.68 Å². The lowest BCUT2D eigenvalue weighted by Gasteiger charge is -2.29. The molecule has 0 saturated carbocycles. The van der Waals surface area contributed by atoms with Gasteiger partial charge in [0.2, 0.25) is 0 Å². The van der Waals surface area contributed by atoms with E-state index in [0.29, 0.717) is 6.61 Å². The zero-order valence-electron chi connectivity index (χ0n) is 11.7. The van der Waals surface area contributed by atoms with E-state index < -0.39 is 0 Å². The number of hydrogen-bond donors (Lipinski definition) is 1. The highest BCUT2D eigenvalue weighted by atomic mass is 16.5. The number of aliphatic hydroxyl groups excluding tert-OH is 1. The number of ether oxygens (including phenoxy) is 1. The van der Waals surface area contributed by atoms with E-state index in [1.54, 1.807) is 6.20 Å². The van der Waals surface area contributed by atoms with Crippen LogP contribution >= 0.6 is 0 Å². The summed E-state index contributed by atoms with van der Waals surface area (Å²) in [5.74, 6) is 1.09. The van der Waals surface area contributed by atoms with Gasteiger partial charge < -0.3 is 9.84 Å². The van der Waals surface area contributed by atoms with Crippen LogP contribution in [0.1, 0.15) is 30.0 Å². The average Bonchev–Trinajstić information content (AvgIpc) is 2.89. The molecule has 3 rings (SSSR count). The van der Waals surface area contributed by atoms with Crippen LogP contribution < -0.4 is 4.74 Å². The Bertz CT molecular complexity index is 579. The summed E-state index contributed by atoms with van der Waals surface area (Å²) in [4.78, 5) is 0. The van der Waals surface area contributed by atoms with Crippen LogP contribution in [0.3, 0.4) is 0 Å². The highest BCUT2D eigenvalue weighted by molar-refractivity contribution is 5.38. The zero-order valence-corrected chi connectivity index (χ0v) is 11.7. The summed E-state index contributed by atoms with van der Waals surface area (Å²) in [6.45, 7) is 0.685. The molecule has 0 radical (unpaired) electrons. The molecule has 1 aromatic carbocycles. The van der Waals surface area contributed by atoms with Gasteiger partial charge in [-0.05, 0) is 37.0 Å². The molecule has 0 bridgehead atoms. The largest absolute Gasteiger partial charge is 0.493 e. The Hall–Kier alpha value is -1.81.